The maximum Gasteiger partial charge on any atom is 0.257 e. The van der Waals surface area contributed by atoms with Crippen LogP contribution >= 0.6 is 0 Å². The Bertz CT molecular complexity index is 795. The van der Waals surface area contributed by atoms with Gasteiger partial charge in [0, 0.05) is 5.56 Å². The number of aryl methyl sites for hydroxylation is 1. The van der Waals surface area contributed by atoms with Gasteiger partial charge in [0.05, 0.1) is 10.9 Å². The van der Waals surface area contributed by atoms with Crippen LogP contribution < -0.4 is 5.32 Å². The number of carbonyl (C=O) groups excluding carboxylic acids is 1. The molecule has 0 radical (unpaired) electrons. The van der Waals surface area contributed by atoms with Gasteiger partial charge in [0.15, 0.2) is 5.82 Å². The monoisotopic (exact) mass is 269 g/mol. The Labute approximate surface area is 114 Å². The number of amides is 1. The van der Waals surface area contributed by atoms with Gasteiger partial charge in [0.1, 0.15) is 5.82 Å². The van der Waals surface area contributed by atoms with Crippen molar-refractivity contribution in [3.05, 3.63) is 59.4 Å². The molecule has 0 bridgehead atoms. The molecule has 0 aliphatic heterocycles. The Hall–Kier alpha value is -2.69. The number of carbonyl (C=O) groups is 1. The highest BCUT2D eigenvalue weighted by atomic mass is 19.1. The fraction of sp³-hybridized carbons (Fsp3) is 0.0667. The lowest BCUT2D eigenvalue weighted by molar-refractivity contribution is 0.102. The van der Waals surface area contributed by atoms with Crippen LogP contribution in [0.15, 0.2) is 42.5 Å². The molecule has 3 aromatic rings. The molecule has 0 saturated carbocycles. The van der Waals surface area contributed by atoms with Gasteiger partial charge in [-0.1, -0.05) is 24.3 Å². The van der Waals surface area contributed by atoms with Crippen LogP contribution in [0.1, 0.15) is 15.9 Å². The first kappa shape index (κ1) is 12.3. The second kappa shape index (κ2) is 4.77. The molecule has 0 aliphatic rings. The van der Waals surface area contributed by atoms with Gasteiger partial charge in [0.2, 0.25) is 0 Å². The van der Waals surface area contributed by atoms with Crippen LogP contribution in [0.4, 0.5) is 10.2 Å². The summed E-state index contributed by atoms with van der Waals surface area (Å²) in [4.78, 5) is 12.2. The number of hydrogen-bond donors (Lipinski definition) is 2. The van der Waals surface area contributed by atoms with E-state index in [1.807, 2.05) is 19.1 Å². The van der Waals surface area contributed by atoms with Gasteiger partial charge in [-0.25, -0.2) is 4.39 Å². The van der Waals surface area contributed by atoms with Gasteiger partial charge < -0.3 is 5.32 Å². The molecule has 0 aliphatic carbocycles. The minimum absolute atomic E-state index is 0.200. The third-order valence-corrected chi connectivity index (χ3v) is 3.16. The van der Waals surface area contributed by atoms with E-state index < -0.39 is 5.82 Å². The van der Waals surface area contributed by atoms with Gasteiger partial charge in [-0.2, -0.15) is 5.10 Å². The Morgan fingerprint density at radius 2 is 2.00 bits per heavy atom. The van der Waals surface area contributed by atoms with E-state index in [9.17, 15) is 9.18 Å². The number of anilines is 1. The molecule has 2 N–H and O–H groups in total. The summed E-state index contributed by atoms with van der Waals surface area (Å²) in [7, 11) is 0. The van der Waals surface area contributed by atoms with Crippen LogP contribution in [0.3, 0.4) is 0 Å². The van der Waals surface area contributed by atoms with E-state index in [1.165, 1.54) is 6.07 Å². The average molecular weight is 269 g/mol. The van der Waals surface area contributed by atoms with E-state index in [0.29, 0.717) is 11.1 Å². The molecule has 0 atom stereocenters. The Morgan fingerprint density at radius 1 is 1.20 bits per heavy atom. The van der Waals surface area contributed by atoms with Crippen LogP contribution in [0.2, 0.25) is 0 Å². The average Bonchev–Trinajstić information content (AvgIpc) is 2.84. The second-order valence-electron chi connectivity index (χ2n) is 4.50. The number of aromatic nitrogens is 2. The fourth-order valence-corrected chi connectivity index (χ4v) is 2.12. The molecule has 1 aromatic heterocycles. The molecule has 3 rings (SSSR count). The van der Waals surface area contributed by atoms with Crippen LogP contribution in [0.25, 0.3) is 10.9 Å². The SMILES string of the molecule is Cc1ccccc1C(=O)Nc1n[nH]c2cccc(F)c12. The Balaban J connectivity index is 1.98. The van der Waals surface area contributed by atoms with Crippen LogP contribution in [0, 0.1) is 12.7 Å². The van der Waals surface area contributed by atoms with Gasteiger partial charge in [-0.15, -0.1) is 0 Å². The fourth-order valence-electron chi connectivity index (χ4n) is 2.12. The summed E-state index contributed by atoms with van der Waals surface area (Å²) in [5, 5.41) is 9.58. The maximum absolute atomic E-state index is 13.8. The molecular formula is C15H12FN3O. The van der Waals surface area contributed by atoms with E-state index in [0.717, 1.165) is 5.56 Å². The van der Waals surface area contributed by atoms with Gasteiger partial charge in [-0.3, -0.25) is 9.89 Å². The standard InChI is InChI=1S/C15H12FN3O/c1-9-5-2-3-6-10(9)15(20)17-14-13-11(16)7-4-8-12(13)18-19-14/h2-8H,1H3,(H2,17,18,19,20). The molecule has 0 unspecified atom stereocenters. The number of benzene rings is 2. The lowest BCUT2D eigenvalue weighted by Gasteiger charge is -2.05. The summed E-state index contributed by atoms with van der Waals surface area (Å²) in [5.74, 6) is -0.526. The number of aromatic amines is 1. The van der Waals surface area contributed by atoms with E-state index in [2.05, 4.69) is 15.5 Å². The van der Waals surface area contributed by atoms with Gasteiger partial charge in [0.25, 0.3) is 5.91 Å². The maximum atomic E-state index is 13.8. The third-order valence-electron chi connectivity index (χ3n) is 3.16. The first-order valence-corrected chi connectivity index (χ1v) is 6.16. The number of nitrogens with one attached hydrogen (secondary N) is 2. The quantitative estimate of drug-likeness (QED) is 0.750. The number of halogens is 1. The number of nitrogens with zero attached hydrogens (tertiary/aromatic N) is 1. The normalized spacial score (nSPS) is 10.7. The smallest absolute Gasteiger partial charge is 0.257 e. The zero-order valence-corrected chi connectivity index (χ0v) is 10.8. The second-order valence-corrected chi connectivity index (χ2v) is 4.50. The third kappa shape index (κ3) is 2.03. The molecule has 20 heavy (non-hydrogen) atoms. The molecule has 0 saturated heterocycles. The van der Waals surface area contributed by atoms with Crippen LogP contribution in [-0.4, -0.2) is 16.1 Å². The summed E-state index contributed by atoms with van der Waals surface area (Å²) >= 11 is 0. The number of fused-ring (bicyclic) bond motifs is 1. The van der Waals surface area contributed by atoms with Gasteiger partial charge >= 0.3 is 0 Å². The van der Waals surface area contributed by atoms with E-state index in [4.69, 9.17) is 0 Å². The van der Waals surface area contributed by atoms with Crippen molar-refractivity contribution < 1.29 is 9.18 Å². The zero-order valence-electron chi connectivity index (χ0n) is 10.8. The van der Waals surface area contributed by atoms with Crippen LogP contribution in [-0.2, 0) is 0 Å². The summed E-state index contributed by atoms with van der Waals surface area (Å²) < 4.78 is 13.8. The first-order valence-electron chi connectivity index (χ1n) is 6.16. The molecule has 0 spiro atoms. The minimum Gasteiger partial charge on any atom is -0.304 e. The van der Waals surface area contributed by atoms with Crippen molar-refractivity contribution >= 4 is 22.6 Å². The molecule has 2 aromatic carbocycles. The number of H-pyrrole nitrogens is 1. The molecular weight excluding hydrogens is 257 g/mol. The topological polar surface area (TPSA) is 57.8 Å². The highest BCUT2D eigenvalue weighted by Gasteiger charge is 2.14. The molecule has 1 amide bonds. The van der Waals surface area contributed by atoms with Crippen molar-refractivity contribution in [2.75, 3.05) is 5.32 Å². The lowest BCUT2D eigenvalue weighted by Crippen LogP contribution is -2.13. The van der Waals surface area contributed by atoms with Crippen molar-refractivity contribution in [3.8, 4) is 0 Å². The predicted molar refractivity (Wildman–Crippen MR) is 75.2 cm³/mol. The largest absolute Gasteiger partial charge is 0.304 e. The van der Waals surface area contributed by atoms with Crippen molar-refractivity contribution in [2.45, 2.75) is 6.92 Å². The van der Waals surface area contributed by atoms with Crippen molar-refractivity contribution in [1.82, 2.24) is 10.2 Å². The van der Waals surface area contributed by atoms with E-state index in [1.54, 1.807) is 24.3 Å². The Morgan fingerprint density at radius 3 is 2.80 bits per heavy atom. The highest BCUT2D eigenvalue weighted by Crippen LogP contribution is 2.24. The summed E-state index contributed by atoms with van der Waals surface area (Å²) in [5.41, 5.74) is 1.94. The zero-order chi connectivity index (χ0) is 14.1. The highest BCUT2D eigenvalue weighted by molar-refractivity contribution is 6.08. The van der Waals surface area contributed by atoms with E-state index in [-0.39, 0.29) is 17.1 Å². The first-order chi connectivity index (χ1) is 9.66. The van der Waals surface area contributed by atoms with Gasteiger partial charge in [-0.05, 0) is 30.7 Å². The lowest BCUT2D eigenvalue weighted by atomic mass is 10.1. The molecule has 4 nitrogen and oxygen atoms in total. The molecule has 100 valence electrons. The summed E-state index contributed by atoms with van der Waals surface area (Å²) in [6.07, 6.45) is 0. The molecule has 1 heterocycles. The molecule has 0 fully saturated rings. The van der Waals surface area contributed by atoms with Crippen molar-refractivity contribution in [1.29, 1.82) is 0 Å². The van der Waals surface area contributed by atoms with Crippen molar-refractivity contribution in [3.63, 3.8) is 0 Å². The number of hydrogen-bond acceptors (Lipinski definition) is 2. The number of rotatable bonds is 2. The van der Waals surface area contributed by atoms with E-state index >= 15 is 0 Å². The summed E-state index contributed by atoms with van der Waals surface area (Å²) in [6, 6.07) is 11.8. The van der Waals surface area contributed by atoms with Crippen LogP contribution in [0.5, 0.6) is 0 Å². The minimum atomic E-state index is -0.420. The summed E-state index contributed by atoms with van der Waals surface area (Å²) in [6.45, 7) is 1.85. The van der Waals surface area contributed by atoms with Crippen molar-refractivity contribution in [2.24, 2.45) is 0 Å². The Kier molecular flexibility index (Phi) is 2.95. The predicted octanol–water partition coefficient (Wildman–Crippen LogP) is 3.26. The molecule has 5 heteroatoms.